The molecule has 0 amide bonds. The highest BCUT2D eigenvalue weighted by atomic mass is 32.2. The molecule has 0 saturated carbocycles. The maximum atomic E-state index is 11.7. The highest BCUT2D eigenvalue weighted by Gasteiger charge is 2.16. The third kappa shape index (κ3) is 2.38. The quantitative estimate of drug-likeness (QED) is 0.403. The van der Waals surface area contributed by atoms with E-state index in [2.05, 4.69) is 0 Å². The first kappa shape index (κ1) is 12.6. The number of nitrogens with one attached hydrogen (secondary N) is 2. The van der Waals surface area contributed by atoms with Gasteiger partial charge in [-0.1, -0.05) is 0 Å². The molecule has 0 aliphatic carbocycles. The second kappa shape index (κ2) is 4.60. The molecule has 0 fully saturated rings. The van der Waals surface area contributed by atoms with Crippen LogP contribution in [0.4, 0.5) is 0 Å². The topological polar surface area (TPSA) is 93.5 Å². The number of hydrogen-bond acceptors (Lipinski definition) is 4. The average molecular weight is 243 g/mol. The molecule has 0 heterocycles. The lowest BCUT2D eigenvalue weighted by Crippen LogP contribution is -2.22. The van der Waals surface area contributed by atoms with Crippen molar-refractivity contribution in [1.82, 2.24) is 9.79 Å². The Morgan fingerprint density at radius 1 is 1.31 bits per heavy atom. The van der Waals surface area contributed by atoms with Gasteiger partial charge in [0.05, 0.1) is 4.90 Å². The van der Waals surface area contributed by atoms with Gasteiger partial charge < -0.3 is 0 Å². The van der Waals surface area contributed by atoms with Gasteiger partial charge in [0.2, 0.25) is 10.0 Å². The molecular formula is C9H13N3O3S. The van der Waals surface area contributed by atoms with E-state index in [9.17, 15) is 8.42 Å². The van der Waals surface area contributed by atoms with Gasteiger partial charge in [-0.2, -0.15) is 0 Å². The fraction of sp³-hybridized carbons (Fsp3) is 0.222. The lowest BCUT2D eigenvalue weighted by atomic mass is 10.2. The third-order valence-corrected chi connectivity index (χ3v) is 3.86. The summed E-state index contributed by atoms with van der Waals surface area (Å²) >= 11 is 0. The number of sulfonamides is 1. The molecule has 0 radical (unpaired) electrons. The van der Waals surface area contributed by atoms with Crippen LogP contribution < -0.4 is 5.48 Å². The molecule has 1 rings (SSSR count). The van der Waals surface area contributed by atoms with E-state index in [0.717, 1.165) is 4.31 Å². The van der Waals surface area contributed by atoms with Gasteiger partial charge in [0, 0.05) is 19.7 Å². The van der Waals surface area contributed by atoms with Crippen LogP contribution in [0.15, 0.2) is 29.2 Å². The van der Waals surface area contributed by atoms with Crippen LogP contribution in [0.5, 0.6) is 0 Å². The Kier molecular flexibility index (Phi) is 3.63. The zero-order valence-corrected chi connectivity index (χ0v) is 9.75. The van der Waals surface area contributed by atoms with E-state index in [1.807, 2.05) is 0 Å². The maximum Gasteiger partial charge on any atom is 0.242 e. The SMILES string of the molecule is CN(C)S(=O)(=O)c1ccc(C(=N)NO)cc1. The number of hydroxylamine groups is 1. The largest absolute Gasteiger partial charge is 0.290 e. The standard InChI is InChI=1S/C9H13N3O3S/c1-12(2)16(14,15)8-5-3-7(4-6-8)9(10)11-13/h3-6,13H,1-2H3,(H2,10,11). The monoisotopic (exact) mass is 243 g/mol. The molecule has 16 heavy (non-hydrogen) atoms. The van der Waals surface area contributed by atoms with Gasteiger partial charge in [-0.3, -0.25) is 16.1 Å². The number of benzene rings is 1. The van der Waals surface area contributed by atoms with Crippen LogP contribution in [0.3, 0.4) is 0 Å². The summed E-state index contributed by atoms with van der Waals surface area (Å²) in [6.07, 6.45) is 0. The van der Waals surface area contributed by atoms with Crippen molar-refractivity contribution in [2.75, 3.05) is 14.1 Å². The second-order valence-electron chi connectivity index (χ2n) is 3.30. The lowest BCUT2D eigenvalue weighted by molar-refractivity contribution is 0.234. The summed E-state index contributed by atoms with van der Waals surface area (Å²) in [7, 11) is -0.556. The summed E-state index contributed by atoms with van der Waals surface area (Å²) in [5.74, 6) is -0.186. The van der Waals surface area contributed by atoms with Gasteiger partial charge in [-0.15, -0.1) is 0 Å². The Labute approximate surface area is 94.0 Å². The highest BCUT2D eigenvalue weighted by Crippen LogP contribution is 2.13. The van der Waals surface area contributed by atoms with E-state index in [1.165, 1.54) is 38.4 Å². The van der Waals surface area contributed by atoms with Crippen molar-refractivity contribution < 1.29 is 13.6 Å². The first-order valence-corrected chi connectivity index (χ1v) is 5.85. The zero-order valence-electron chi connectivity index (χ0n) is 8.93. The number of amidine groups is 1. The van der Waals surface area contributed by atoms with Crippen LogP contribution in [0.25, 0.3) is 0 Å². The number of rotatable bonds is 3. The molecule has 3 N–H and O–H groups in total. The Bertz CT molecular complexity index is 479. The first-order valence-electron chi connectivity index (χ1n) is 4.41. The molecule has 0 bridgehead atoms. The van der Waals surface area contributed by atoms with Crippen molar-refractivity contribution in [3.05, 3.63) is 29.8 Å². The second-order valence-corrected chi connectivity index (χ2v) is 5.45. The minimum atomic E-state index is -3.45. The molecule has 7 heteroatoms. The summed E-state index contributed by atoms with van der Waals surface area (Å²) in [5.41, 5.74) is 2.09. The Balaban J connectivity index is 3.10. The molecule has 0 spiro atoms. The summed E-state index contributed by atoms with van der Waals surface area (Å²) in [6.45, 7) is 0. The molecule has 0 saturated heterocycles. The van der Waals surface area contributed by atoms with Crippen molar-refractivity contribution in [1.29, 1.82) is 5.41 Å². The third-order valence-electron chi connectivity index (χ3n) is 2.03. The lowest BCUT2D eigenvalue weighted by Gasteiger charge is -2.11. The van der Waals surface area contributed by atoms with E-state index < -0.39 is 10.0 Å². The van der Waals surface area contributed by atoms with Gasteiger partial charge >= 0.3 is 0 Å². The van der Waals surface area contributed by atoms with Crippen LogP contribution in [-0.2, 0) is 10.0 Å². The predicted octanol–water partition coefficient (Wildman–Crippen LogP) is 0.241. The van der Waals surface area contributed by atoms with Gasteiger partial charge in [-0.05, 0) is 24.3 Å². The predicted molar refractivity (Wildman–Crippen MR) is 59.1 cm³/mol. The minimum absolute atomic E-state index is 0.145. The van der Waals surface area contributed by atoms with Crippen LogP contribution in [-0.4, -0.2) is 37.9 Å². The van der Waals surface area contributed by atoms with Crippen molar-refractivity contribution in [2.45, 2.75) is 4.90 Å². The number of nitrogens with zero attached hydrogens (tertiary/aromatic N) is 1. The molecule has 0 aromatic heterocycles. The van der Waals surface area contributed by atoms with Crippen molar-refractivity contribution >= 4 is 15.9 Å². The molecule has 1 aromatic rings. The van der Waals surface area contributed by atoms with E-state index >= 15 is 0 Å². The Morgan fingerprint density at radius 3 is 2.19 bits per heavy atom. The normalized spacial score (nSPS) is 11.5. The maximum absolute atomic E-state index is 11.7. The molecule has 0 aliphatic heterocycles. The van der Waals surface area contributed by atoms with Gasteiger partial charge in [0.1, 0.15) is 5.84 Å². The van der Waals surface area contributed by atoms with Crippen molar-refractivity contribution in [3.63, 3.8) is 0 Å². The molecule has 0 unspecified atom stereocenters. The molecule has 88 valence electrons. The smallest absolute Gasteiger partial charge is 0.242 e. The van der Waals surface area contributed by atoms with Crippen molar-refractivity contribution in [3.8, 4) is 0 Å². The van der Waals surface area contributed by atoms with Crippen LogP contribution in [0, 0.1) is 5.41 Å². The van der Waals surface area contributed by atoms with E-state index in [4.69, 9.17) is 10.6 Å². The molecule has 1 aromatic carbocycles. The summed E-state index contributed by atoms with van der Waals surface area (Å²) in [6, 6.07) is 5.66. The van der Waals surface area contributed by atoms with Crippen LogP contribution in [0.1, 0.15) is 5.56 Å². The molecule has 0 aliphatic rings. The van der Waals surface area contributed by atoms with Gasteiger partial charge in [0.25, 0.3) is 0 Å². The van der Waals surface area contributed by atoms with Gasteiger partial charge in [-0.25, -0.2) is 12.7 Å². The molecular weight excluding hydrogens is 230 g/mol. The molecule has 0 atom stereocenters. The first-order chi connectivity index (χ1) is 7.39. The summed E-state index contributed by atoms with van der Waals surface area (Å²) in [5, 5.41) is 15.8. The van der Waals surface area contributed by atoms with Gasteiger partial charge in [0.15, 0.2) is 0 Å². The molecule has 6 nitrogen and oxygen atoms in total. The van der Waals surface area contributed by atoms with Crippen LogP contribution >= 0.6 is 0 Å². The van der Waals surface area contributed by atoms with E-state index in [1.54, 1.807) is 5.48 Å². The summed E-state index contributed by atoms with van der Waals surface area (Å²) < 4.78 is 24.5. The Morgan fingerprint density at radius 2 is 1.81 bits per heavy atom. The van der Waals surface area contributed by atoms with E-state index in [-0.39, 0.29) is 10.7 Å². The zero-order chi connectivity index (χ0) is 12.3. The van der Waals surface area contributed by atoms with Crippen molar-refractivity contribution in [2.24, 2.45) is 0 Å². The average Bonchev–Trinajstić information content (AvgIpc) is 2.28. The van der Waals surface area contributed by atoms with E-state index in [0.29, 0.717) is 5.56 Å². The fourth-order valence-electron chi connectivity index (χ4n) is 1.07. The minimum Gasteiger partial charge on any atom is -0.290 e. The number of hydrogen-bond donors (Lipinski definition) is 3. The summed E-state index contributed by atoms with van der Waals surface area (Å²) in [4.78, 5) is 0.145. The fourth-order valence-corrected chi connectivity index (χ4v) is 1.97. The van der Waals surface area contributed by atoms with Crippen LogP contribution in [0.2, 0.25) is 0 Å². The Hall–Kier alpha value is -1.44. The highest BCUT2D eigenvalue weighted by molar-refractivity contribution is 7.89.